The molecule has 24 heavy (non-hydrogen) atoms. The second kappa shape index (κ2) is 6.45. The van der Waals surface area contributed by atoms with Gasteiger partial charge in [0.2, 0.25) is 5.78 Å². The largest absolute Gasteiger partial charge is 0.393 e. The molecular weight excluding hydrogens is 304 g/mol. The normalized spacial score (nSPS) is 15.8. The Labute approximate surface area is 140 Å². The topological polar surface area (TPSA) is 78.6 Å². The summed E-state index contributed by atoms with van der Waals surface area (Å²) in [4.78, 5) is 15.3. The van der Waals surface area contributed by atoms with Gasteiger partial charge in [0.25, 0.3) is 0 Å². The standard InChI is InChI=1S/C17H20N6O/c24-14-4-9-22(10-5-14)16-15(3-1-6-18-16)20-11-13-12-21-17-19-7-2-8-23(13)17/h1-3,6-8,12,14,20,24H,4-5,9-11H2. The van der Waals surface area contributed by atoms with Gasteiger partial charge in [0.15, 0.2) is 5.82 Å². The van der Waals surface area contributed by atoms with Gasteiger partial charge in [-0.15, -0.1) is 0 Å². The summed E-state index contributed by atoms with van der Waals surface area (Å²) in [5.41, 5.74) is 2.04. The molecule has 1 saturated heterocycles. The molecule has 3 aromatic rings. The molecule has 4 rings (SSSR count). The fourth-order valence-corrected chi connectivity index (χ4v) is 3.06. The summed E-state index contributed by atoms with van der Waals surface area (Å²) in [7, 11) is 0. The average molecular weight is 324 g/mol. The molecule has 0 unspecified atom stereocenters. The lowest BCUT2D eigenvalue weighted by molar-refractivity contribution is 0.145. The van der Waals surface area contributed by atoms with Crippen LogP contribution in [0.4, 0.5) is 11.5 Å². The number of hydrogen-bond donors (Lipinski definition) is 2. The SMILES string of the molecule is OC1CCN(c2ncccc2NCc2cnc3ncccn23)CC1. The minimum absolute atomic E-state index is 0.188. The smallest absolute Gasteiger partial charge is 0.233 e. The predicted octanol–water partition coefficient (Wildman–Crippen LogP) is 1.70. The molecule has 1 aliphatic heterocycles. The maximum atomic E-state index is 9.69. The molecule has 0 aliphatic carbocycles. The Hall–Kier alpha value is -2.67. The van der Waals surface area contributed by atoms with Crippen molar-refractivity contribution >= 4 is 17.3 Å². The fourth-order valence-electron chi connectivity index (χ4n) is 3.06. The number of hydrogen-bond acceptors (Lipinski definition) is 6. The van der Waals surface area contributed by atoms with Crippen LogP contribution in [-0.4, -0.2) is 43.7 Å². The van der Waals surface area contributed by atoms with Crippen LogP contribution in [0.2, 0.25) is 0 Å². The van der Waals surface area contributed by atoms with E-state index in [1.54, 1.807) is 6.20 Å². The molecule has 0 aromatic carbocycles. The van der Waals surface area contributed by atoms with E-state index in [9.17, 15) is 5.11 Å². The van der Waals surface area contributed by atoms with Crippen LogP contribution in [0.15, 0.2) is 43.0 Å². The molecule has 0 spiro atoms. The number of aliphatic hydroxyl groups excluding tert-OH is 1. The Kier molecular flexibility index (Phi) is 4.00. The number of imidazole rings is 1. The number of piperidine rings is 1. The highest BCUT2D eigenvalue weighted by Gasteiger charge is 2.20. The first-order chi connectivity index (χ1) is 11.8. The van der Waals surface area contributed by atoms with Crippen molar-refractivity contribution < 1.29 is 5.11 Å². The van der Waals surface area contributed by atoms with Gasteiger partial charge in [-0.3, -0.25) is 4.40 Å². The van der Waals surface area contributed by atoms with Crippen LogP contribution in [0.5, 0.6) is 0 Å². The fraction of sp³-hybridized carbons (Fsp3) is 0.353. The Bertz CT molecular complexity index is 825. The number of aromatic nitrogens is 4. The van der Waals surface area contributed by atoms with E-state index < -0.39 is 0 Å². The van der Waals surface area contributed by atoms with Gasteiger partial charge in [-0.25, -0.2) is 15.0 Å². The molecule has 7 heteroatoms. The van der Waals surface area contributed by atoms with Crippen molar-refractivity contribution in [3.8, 4) is 0 Å². The van der Waals surface area contributed by atoms with E-state index in [1.165, 1.54) is 0 Å². The van der Waals surface area contributed by atoms with Crippen molar-refractivity contribution in [3.63, 3.8) is 0 Å². The van der Waals surface area contributed by atoms with E-state index in [0.717, 1.165) is 43.1 Å². The average Bonchev–Trinajstić information content (AvgIpc) is 3.04. The first-order valence-corrected chi connectivity index (χ1v) is 8.20. The molecule has 0 amide bonds. The number of nitrogens with one attached hydrogen (secondary N) is 1. The molecule has 124 valence electrons. The monoisotopic (exact) mass is 324 g/mol. The first kappa shape index (κ1) is 14.9. The van der Waals surface area contributed by atoms with E-state index in [0.29, 0.717) is 12.3 Å². The number of pyridine rings is 1. The Balaban J connectivity index is 1.52. The van der Waals surface area contributed by atoms with Crippen molar-refractivity contribution in [1.82, 2.24) is 19.4 Å². The molecule has 1 fully saturated rings. The van der Waals surface area contributed by atoms with Gasteiger partial charge in [0.1, 0.15) is 0 Å². The highest BCUT2D eigenvalue weighted by Crippen LogP contribution is 2.26. The first-order valence-electron chi connectivity index (χ1n) is 8.20. The van der Waals surface area contributed by atoms with E-state index in [2.05, 4.69) is 25.2 Å². The highest BCUT2D eigenvalue weighted by molar-refractivity contribution is 5.65. The predicted molar refractivity (Wildman–Crippen MR) is 92.0 cm³/mol. The van der Waals surface area contributed by atoms with Gasteiger partial charge in [-0.2, -0.15) is 0 Å². The van der Waals surface area contributed by atoms with Gasteiger partial charge < -0.3 is 15.3 Å². The van der Waals surface area contributed by atoms with Crippen molar-refractivity contribution in [2.75, 3.05) is 23.3 Å². The third-order valence-corrected chi connectivity index (χ3v) is 4.38. The van der Waals surface area contributed by atoms with Crippen LogP contribution >= 0.6 is 0 Å². The molecule has 0 radical (unpaired) electrons. The van der Waals surface area contributed by atoms with E-state index in [-0.39, 0.29) is 6.10 Å². The molecule has 2 N–H and O–H groups in total. The number of anilines is 2. The van der Waals surface area contributed by atoms with Crippen molar-refractivity contribution in [1.29, 1.82) is 0 Å². The maximum absolute atomic E-state index is 9.69. The summed E-state index contributed by atoms with van der Waals surface area (Å²) in [5.74, 6) is 1.64. The van der Waals surface area contributed by atoms with E-state index in [4.69, 9.17) is 0 Å². The zero-order valence-corrected chi connectivity index (χ0v) is 13.3. The minimum Gasteiger partial charge on any atom is -0.393 e. The third-order valence-electron chi connectivity index (χ3n) is 4.38. The van der Waals surface area contributed by atoms with Crippen LogP contribution in [0.1, 0.15) is 18.5 Å². The van der Waals surface area contributed by atoms with Gasteiger partial charge in [0.05, 0.1) is 30.2 Å². The summed E-state index contributed by atoms with van der Waals surface area (Å²) in [5, 5.41) is 13.2. The summed E-state index contributed by atoms with van der Waals surface area (Å²) < 4.78 is 1.97. The molecule has 3 aromatic heterocycles. The molecule has 7 nitrogen and oxygen atoms in total. The van der Waals surface area contributed by atoms with Crippen molar-refractivity contribution in [3.05, 3.63) is 48.7 Å². The summed E-state index contributed by atoms with van der Waals surface area (Å²) in [6.07, 6.45) is 8.73. The second-order valence-electron chi connectivity index (χ2n) is 5.99. The van der Waals surface area contributed by atoms with Crippen LogP contribution in [0, 0.1) is 0 Å². The lowest BCUT2D eigenvalue weighted by Gasteiger charge is -2.31. The number of fused-ring (bicyclic) bond motifs is 1. The summed E-state index contributed by atoms with van der Waals surface area (Å²) in [6, 6.07) is 5.86. The van der Waals surface area contributed by atoms with Crippen LogP contribution < -0.4 is 10.2 Å². The zero-order valence-electron chi connectivity index (χ0n) is 13.3. The van der Waals surface area contributed by atoms with Crippen LogP contribution in [-0.2, 0) is 6.54 Å². The van der Waals surface area contributed by atoms with Gasteiger partial charge in [0, 0.05) is 31.7 Å². The third kappa shape index (κ3) is 2.90. The van der Waals surface area contributed by atoms with E-state index in [1.807, 2.05) is 41.2 Å². The maximum Gasteiger partial charge on any atom is 0.233 e. The number of aliphatic hydroxyl groups is 1. The van der Waals surface area contributed by atoms with Crippen LogP contribution in [0.3, 0.4) is 0 Å². The number of nitrogens with zero attached hydrogens (tertiary/aromatic N) is 5. The highest BCUT2D eigenvalue weighted by atomic mass is 16.3. The van der Waals surface area contributed by atoms with E-state index >= 15 is 0 Å². The van der Waals surface area contributed by atoms with Gasteiger partial charge >= 0.3 is 0 Å². The molecule has 4 heterocycles. The Morgan fingerprint density at radius 2 is 1.96 bits per heavy atom. The minimum atomic E-state index is -0.188. The molecule has 0 atom stereocenters. The number of rotatable bonds is 4. The summed E-state index contributed by atoms with van der Waals surface area (Å²) >= 11 is 0. The zero-order chi connectivity index (χ0) is 16.4. The molecular formula is C17H20N6O. The second-order valence-corrected chi connectivity index (χ2v) is 5.99. The molecule has 0 bridgehead atoms. The van der Waals surface area contributed by atoms with Crippen LogP contribution in [0.25, 0.3) is 5.78 Å². The van der Waals surface area contributed by atoms with Gasteiger partial charge in [-0.1, -0.05) is 0 Å². The molecule has 0 saturated carbocycles. The lowest BCUT2D eigenvalue weighted by atomic mass is 10.1. The van der Waals surface area contributed by atoms with Crippen molar-refractivity contribution in [2.45, 2.75) is 25.5 Å². The Morgan fingerprint density at radius 1 is 1.12 bits per heavy atom. The summed E-state index contributed by atoms with van der Waals surface area (Å²) in [6.45, 7) is 2.29. The van der Waals surface area contributed by atoms with Gasteiger partial charge in [-0.05, 0) is 31.0 Å². The molecule has 1 aliphatic rings. The lowest BCUT2D eigenvalue weighted by Crippen LogP contribution is -2.36. The Morgan fingerprint density at radius 3 is 2.83 bits per heavy atom. The van der Waals surface area contributed by atoms with Crippen molar-refractivity contribution in [2.24, 2.45) is 0 Å². The quantitative estimate of drug-likeness (QED) is 0.760.